The first-order chi connectivity index (χ1) is 9.61. The second kappa shape index (κ2) is 5.74. The van der Waals surface area contributed by atoms with Crippen molar-refractivity contribution in [3.05, 3.63) is 52.3 Å². The maximum atomic E-state index is 12.1. The molecule has 0 saturated carbocycles. The fourth-order valence-electron chi connectivity index (χ4n) is 1.57. The Bertz CT molecular complexity index is 645. The summed E-state index contributed by atoms with van der Waals surface area (Å²) in [5.74, 6) is -0.554. The van der Waals surface area contributed by atoms with Gasteiger partial charge in [0.1, 0.15) is 5.56 Å². The summed E-state index contributed by atoms with van der Waals surface area (Å²) in [7, 11) is 1.66. The quantitative estimate of drug-likeness (QED) is 0.647. The topological polar surface area (TPSA) is 110 Å². The van der Waals surface area contributed by atoms with Crippen molar-refractivity contribution in [2.45, 2.75) is 0 Å². The molecule has 0 radical (unpaired) electrons. The summed E-state index contributed by atoms with van der Waals surface area (Å²) in [5.41, 5.74) is 0.251. The number of carbonyl (C=O) groups is 1. The molecule has 0 fully saturated rings. The molecule has 1 heterocycles. The highest BCUT2D eigenvalue weighted by molar-refractivity contribution is 6.06. The van der Waals surface area contributed by atoms with E-state index < -0.39 is 10.8 Å². The van der Waals surface area contributed by atoms with E-state index in [1.165, 1.54) is 30.6 Å². The van der Waals surface area contributed by atoms with Crippen molar-refractivity contribution in [1.29, 1.82) is 0 Å². The third kappa shape index (κ3) is 2.86. The number of aromatic nitrogens is 2. The van der Waals surface area contributed by atoms with Crippen LogP contribution in [-0.2, 0) is 0 Å². The molecule has 0 bridgehead atoms. The zero-order chi connectivity index (χ0) is 14.5. The van der Waals surface area contributed by atoms with Crippen LogP contribution in [0.25, 0.3) is 0 Å². The molecule has 1 aromatic carbocycles. The number of anilines is 2. The average Bonchev–Trinajstić information content (AvgIpc) is 2.47. The van der Waals surface area contributed by atoms with Crippen molar-refractivity contribution >= 4 is 23.2 Å². The summed E-state index contributed by atoms with van der Waals surface area (Å²) in [6.45, 7) is 0. The van der Waals surface area contributed by atoms with Crippen LogP contribution < -0.4 is 10.6 Å². The first-order valence-electron chi connectivity index (χ1n) is 5.66. The minimum Gasteiger partial charge on any atom is -0.388 e. The number of hydrogen-bond acceptors (Lipinski definition) is 6. The van der Waals surface area contributed by atoms with Crippen LogP contribution in [-0.4, -0.2) is 27.8 Å². The maximum absolute atomic E-state index is 12.1. The lowest BCUT2D eigenvalue weighted by molar-refractivity contribution is -0.385. The Balaban J connectivity index is 2.35. The minimum absolute atomic E-state index is 0.0608. The summed E-state index contributed by atoms with van der Waals surface area (Å²) in [5, 5.41) is 16.2. The summed E-state index contributed by atoms with van der Waals surface area (Å²) >= 11 is 0. The number of benzene rings is 1. The van der Waals surface area contributed by atoms with Crippen molar-refractivity contribution in [3.63, 3.8) is 0 Å². The highest BCUT2D eigenvalue weighted by atomic mass is 16.6. The Hall–Kier alpha value is -3.03. The van der Waals surface area contributed by atoms with Gasteiger partial charge < -0.3 is 5.32 Å². The molecule has 0 aliphatic rings. The Kier molecular flexibility index (Phi) is 3.85. The molecule has 2 aromatic rings. The molecule has 0 unspecified atom stereocenters. The van der Waals surface area contributed by atoms with Gasteiger partial charge in [-0.15, -0.1) is 0 Å². The normalized spacial score (nSPS) is 9.85. The summed E-state index contributed by atoms with van der Waals surface area (Å²) in [6, 6.07) is 5.79. The molecular weight excluding hydrogens is 262 g/mol. The second-order valence-corrected chi connectivity index (χ2v) is 3.77. The predicted octanol–water partition coefficient (Wildman–Crippen LogP) is 1.68. The predicted molar refractivity (Wildman–Crippen MR) is 72.6 cm³/mol. The van der Waals surface area contributed by atoms with Crippen LogP contribution in [0.3, 0.4) is 0 Å². The smallest absolute Gasteiger partial charge is 0.282 e. The van der Waals surface area contributed by atoms with Crippen molar-refractivity contribution in [3.8, 4) is 0 Å². The zero-order valence-electron chi connectivity index (χ0n) is 10.5. The van der Waals surface area contributed by atoms with Crippen LogP contribution in [0.1, 0.15) is 10.4 Å². The molecule has 8 nitrogen and oxygen atoms in total. The standard InChI is InChI=1S/C12H11N5O3/c1-13-8-3-4-10(17(19)20)9(7-8)11(18)16-12-14-5-2-6-15-12/h2-7,13H,1H3,(H,14,15,16,18). The lowest BCUT2D eigenvalue weighted by Crippen LogP contribution is -2.16. The number of hydrogen-bond donors (Lipinski definition) is 2. The number of rotatable bonds is 4. The van der Waals surface area contributed by atoms with Gasteiger partial charge in [-0.1, -0.05) is 0 Å². The van der Waals surface area contributed by atoms with Crippen molar-refractivity contribution in [2.75, 3.05) is 17.7 Å². The van der Waals surface area contributed by atoms with Gasteiger partial charge in [-0.05, 0) is 18.2 Å². The first kappa shape index (κ1) is 13.4. The number of amides is 1. The SMILES string of the molecule is CNc1ccc([N+](=O)[O-])c(C(=O)Nc2ncccn2)c1. The molecule has 102 valence electrons. The lowest BCUT2D eigenvalue weighted by Gasteiger charge is -2.06. The van der Waals surface area contributed by atoms with Gasteiger partial charge in [0.2, 0.25) is 5.95 Å². The Morgan fingerprint density at radius 2 is 2.00 bits per heavy atom. The Labute approximate surface area is 114 Å². The number of nitrogens with one attached hydrogen (secondary N) is 2. The molecule has 0 atom stereocenters. The summed E-state index contributed by atoms with van der Waals surface area (Å²) in [6.07, 6.45) is 2.92. The highest BCUT2D eigenvalue weighted by Gasteiger charge is 2.21. The van der Waals surface area contributed by atoms with E-state index in [1.54, 1.807) is 13.1 Å². The van der Waals surface area contributed by atoms with E-state index in [4.69, 9.17) is 0 Å². The van der Waals surface area contributed by atoms with E-state index >= 15 is 0 Å². The van der Waals surface area contributed by atoms with Crippen LogP contribution in [0, 0.1) is 10.1 Å². The number of carbonyl (C=O) groups excluding carboxylic acids is 1. The van der Waals surface area contributed by atoms with Gasteiger partial charge in [-0.3, -0.25) is 20.2 Å². The molecule has 1 amide bonds. The molecule has 0 saturated heterocycles. The first-order valence-corrected chi connectivity index (χ1v) is 5.66. The number of nitro benzene ring substituents is 1. The highest BCUT2D eigenvalue weighted by Crippen LogP contribution is 2.23. The Morgan fingerprint density at radius 3 is 2.60 bits per heavy atom. The van der Waals surface area contributed by atoms with E-state index in [2.05, 4.69) is 20.6 Å². The van der Waals surface area contributed by atoms with Gasteiger partial charge in [-0.25, -0.2) is 9.97 Å². The monoisotopic (exact) mass is 273 g/mol. The fraction of sp³-hybridized carbons (Fsp3) is 0.0833. The van der Waals surface area contributed by atoms with Crippen LogP contribution in [0.4, 0.5) is 17.3 Å². The van der Waals surface area contributed by atoms with Gasteiger partial charge >= 0.3 is 0 Å². The molecular formula is C12H11N5O3. The molecule has 2 N–H and O–H groups in total. The molecule has 8 heteroatoms. The van der Waals surface area contributed by atoms with E-state index in [0.29, 0.717) is 5.69 Å². The van der Waals surface area contributed by atoms with Crippen molar-refractivity contribution in [2.24, 2.45) is 0 Å². The minimum atomic E-state index is -0.639. The molecule has 2 rings (SSSR count). The number of nitrogens with zero attached hydrogens (tertiary/aromatic N) is 3. The van der Waals surface area contributed by atoms with Crippen molar-refractivity contribution in [1.82, 2.24) is 9.97 Å². The van der Waals surface area contributed by atoms with Crippen LogP contribution in [0.5, 0.6) is 0 Å². The van der Waals surface area contributed by atoms with E-state index in [1.807, 2.05) is 0 Å². The summed E-state index contributed by atoms with van der Waals surface area (Å²) in [4.78, 5) is 30.1. The maximum Gasteiger partial charge on any atom is 0.282 e. The van der Waals surface area contributed by atoms with Crippen LogP contribution >= 0.6 is 0 Å². The third-order valence-electron chi connectivity index (χ3n) is 2.52. The van der Waals surface area contributed by atoms with E-state index in [-0.39, 0.29) is 17.2 Å². The molecule has 0 aliphatic carbocycles. The second-order valence-electron chi connectivity index (χ2n) is 3.77. The van der Waals surface area contributed by atoms with Gasteiger partial charge in [0.15, 0.2) is 0 Å². The van der Waals surface area contributed by atoms with Gasteiger partial charge in [0.05, 0.1) is 4.92 Å². The van der Waals surface area contributed by atoms with Crippen LogP contribution in [0.2, 0.25) is 0 Å². The van der Waals surface area contributed by atoms with Crippen molar-refractivity contribution < 1.29 is 9.72 Å². The van der Waals surface area contributed by atoms with Gasteiger partial charge in [0, 0.05) is 31.2 Å². The Morgan fingerprint density at radius 1 is 1.30 bits per heavy atom. The van der Waals surface area contributed by atoms with E-state index in [0.717, 1.165) is 0 Å². The third-order valence-corrected chi connectivity index (χ3v) is 2.52. The molecule has 0 aliphatic heterocycles. The van der Waals surface area contributed by atoms with E-state index in [9.17, 15) is 14.9 Å². The molecule has 1 aromatic heterocycles. The van der Waals surface area contributed by atoms with Crippen LogP contribution in [0.15, 0.2) is 36.7 Å². The largest absolute Gasteiger partial charge is 0.388 e. The molecule has 20 heavy (non-hydrogen) atoms. The zero-order valence-corrected chi connectivity index (χ0v) is 10.5. The lowest BCUT2D eigenvalue weighted by atomic mass is 10.1. The summed E-state index contributed by atoms with van der Waals surface area (Å²) < 4.78 is 0. The van der Waals surface area contributed by atoms with Gasteiger partial charge in [0.25, 0.3) is 11.6 Å². The number of nitro groups is 1. The fourth-order valence-corrected chi connectivity index (χ4v) is 1.57. The average molecular weight is 273 g/mol. The van der Waals surface area contributed by atoms with Gasteiger partial charge in [-0.2, -0.15) is 0 Å². The molecule has 0 spiro atoms.